The van der Waals surface area contributed by atoms with Gasteiger partial charge < -0.3 is 0 Å². The van der Waals surface area contributed by atoms with Crippen LogP contribution in [0.3, 0.4) is 0 Å². The molecule has 0 aliphatic heterocycles. The fraction of sp³-hybridized carbons (Fsp3) is 0.133. The highest BCUT2D eigenvalue weighted by Crippen LogP contribution is 2.13. The molecule has 2 rings (SSSR count). The van der Waals surface area contributed by atoms with Gasteiger partial charge in [-0.2, -0.15) is 5.26 Å². The first kappa shape index (κ1) is 12.8. The van der Waals surface area contributed by atoms with Gasteiger partial charge in [-0.3, -0.25) is 10.7 Å². The van der Waals surface area contributed by atoms with E-state index >= 15 is 0 Å². The van der Waals surface area contributed by atoms with Gasteiger partial charge in [-0.25, -0.2) is 4.99 Å². The van der Waals surface area contributed by atoms with Gasteiger partial charge in [-0.15, -0.1) is 0 Å². The summed E-state index contributed by atoms with van der Waals surface area (Å²) in [7, 11) is 0. The highest BCUT2D eigenvalue weighted by molar-refractivity contribution is 6.10. The summed E-state index contributed by atoms with van der Waals surface area (Å²) in [5.74, 6) is 0.606. The molecule has 0 heterocycles. The lowest BCUT2D eigenvalue weighted by atomic mass is 10.0. The van der Waals surface area contributed by atoms with Crippen molar-refractivity contribution in [3.05, 3.63) is 59.7 Å². The first-order chi connectivity index (χ1) is 9.31. The number of nitrogens with zero attached hydrogens (tertiary/aromatic N) is 2. The molecule has 0 spiro atoms. The van der Waals surface area contributed by atoms with Crippen molar-refractivity contribution in [3.63, 3.8) is 0 Å². The second-order valence-electron chi connectivity index (χ2n) is 4.07. The zero-order valence-electron chi connectivity index (χ0n) is 10.4. The minimum atomic E-state index is 0.147. The predicted octanol–water partition coefficient (Wildman–Crippen LogP) is 2.76. The molecule has 1 aromatic rings. The van der Waals surface area contributed by atoms with E-state index < -0.39 is 0 Å². The molecule has 1 aromatic carbocycles. The number of nitriles is 1. The van der Waals surface area contributed by atoms with E-state index in [1.807, 2.05) is 48.7 Å². The number of hydrogen-bond donors (Lipinski definition) is 2. The van der Waals surface area contributed by atoms with E-state index in [0.29, 0.717) is 5.84 Å². The van der Waals surface area contributed by atoms with E-state index in [-0.39, 0.29) is 5.84 Å². The van der Waals surface area contributed by atoms with Gasteiger partial charge in [0.2, 0.25) is 0 Å². The Morgan fingerprint density at radius 2 is 2.11 bits per heavy atom. The van der Waals surface area contributed by atoms with Crippen LogP contribution < -0.4 is 5.32 Å². The van der Waals surface area contributed by atoms with E-state index in [4.69, 9.17) is 10.7 Å². The molecule has 0 unspecified atom stereocenters. The summed E-state index contributed by atoms with van der Waals surface area (Å²) < 4.78 is 0. The van der Waals surface area contributed by atoms with Crippen LogP contribution in [0, 0.1) is 16.9 Å². The van der Waals surface area contributed by atoms with Gasteiger partial charge >= 0.3 is 0 Å². The summed E-state index contributed by atoms with van der Waals surface area (Å²) in [6.45, 7) is 0. The fourth-order valence-electron chi connectivity index (χ4n) is 1.81. The maximum atomic E-state index is 8.79. The van der Waals surface area contributed by atoms with Crippen LogP contribution in [0.5, 0.6) is 0 Å². The van der Waals surface area contributed by atoms with Crippen LogP contribution in [0.4, 0.5) is 0 Å². The van der Waals surface area contributed by atoms with Crippen LogP contribution in [0.25, 0.3) is 0 Å². The van der Waals surface area contributed by atoms with Crippen LogP contribution in [-0.4, -0.2) is 11.7 Å². The zero-order chi connectivity index (χ0) is 13.5. The minimum Gasteiger partial charge on any atom is -0.282 e. The third-order valence-corrected chi connectivity index (χ3v) is 2.76. The Balaban J connectivity index is 2.26. The lowest BCUT2D eigenvalue weighted by molar-refractivity contribution is 0.990. The van der Waals surface area contributed by atoms with E-state index in [2.05, 4.69) is 16.4 Å². The smallest absolute Gasteiger partial charge is 0.182 e. The summed E-state index contributed by atoms with van der Waals surface area (Å²) in [6.07, 6.45) is 9.56. The van der Waals surface area contributed by atoms with Gasteiger partial charge in [0.05, 0.1) is 0 Å². The molecule has 19 heavy (non-hydrogen) atoms. The molecule has 1 aliphatic rings. The number of hydrogen-bond acceptors (Lipinski definition) is 2. The Kier molecular flexibility index (Phi) is 4.25. The Hall–Kier alpha value is -2.67. The number of nitrogens with one attached hydrogen (secondary N) is 2. The SMILES string of the molecule is N#CN/C(=N\C(=N)c1ccccc1)C1=CC=CCC1. The first-order valence-corrected chi connectivity index (χ1v) is 6.05. The molecule has 0 saturated heterocycles. The number of allylic oxidation sites excluding steroid dienone is 3. The maximum Gasteiger partial charge on any atom is 0.182 e. The van der Waals surface area contributed by atoms with Crippen molar-refractivity contribution in [2.24, 2.45) is 4.99 Å². The van der Waals surface area contributed by atoms with Crippen LogP contribution >= 0.6 is 0 Å². The Morgan fingerprint density at radius 3 is 2.74 bits per heavy atom. The van der Waals surface area contributed by atoms with Crippen LogP contribution in [0.1, 0.15) is 18.4 Å². The molecule has 0 aromatic heterocycles. The van der Waals surface area contributed by atoms with Gasteiger partial charge in [0.1, 0.15) is 5.84 Å². The van der Waals surface area contributed by atoms with Gasteiger partial charge in [0.15, 0.2) is 12.0 Å². The first-order valence-electron chi connectivity index (χ1n) is 6.05. The second kappa shape index (κ2) is 6.31. The van der Waals surface area contributed by atoms with Crippen molar-refractivity contribution in [1.29, 1.82) is 10.7 Å². The van der Waals surface area contributed by atoms with E-state index in [1.165, 1.54) is 0 Å². The molecule has 94 valence electrons. The molecular formula is C15H14N4. The van der Waals surface area contributed by atoms with Gasteiger partial charge in [-0.1, -0.05) is 48.6 Å². The second-order valence-corrected chi connectivity index (χ2v) is 4.07. The van der Waals surface area contributed by atoms with Crippen LogP contribution in [0.15, 0.2) is 59.1 Å². The molecule has 1 aliphatic carbocycles. The van der Waals surface area contributed by atoms with Gasteiger partial charge in [-0.05, 0) is 18.4 Å². The molecule has 0 saturated carbocycles. The minimum absolute atomic E-state index is 0.147. The van der Waals surface area contributed by atoms with Crippen molar-refractivity contribution >= 4 is 11.7 Å². The van der Waals surface area contributed by atoms with E-state index in [1.54, 1.807) is 0 Å². The van der Waals surface area contributed by atoms with Gasteiger partial charge in [0.25, 0.3) is 0 Å². The maximum absolute atomic E-state index is 8.79. The van der Waals surface area contributed by atoms with Crippen molar-refractivity contribution in [2.45, 2.75) is 12.8 Å². The molecular weight excluding hydrogens is 236 g/mol. The van der Waals surface area contributed by atoms with Crippen molar-refractivity contribution in [1.82, 2.24) is 5.32 Å². The molecule has 0 radical (unpaired) electrons. The molecule has 0 fully saturated rings. The monoisotopic (exact) mass is 250 g/mol. The highest BCUT2D eigenvalue weighted by atomic mass is 15.0. The van der Waals surface area contributed by atoms with E-state index in [0.717, 1.165) is 24.0 Å². The predicted molar refractivity (Wildman–Crippen MR) is 75.9 cm³/mol. The average Bonchev–Trinajstić information content (AvgIpc) is 2.48. The quantitative estimate of drug-likeness (QED) is 0.366. The summed E-state index contributed by atoms with van der Waals surface area (Å²) in [4.78, 5) is 4.22. The highest BCUT2D eigenvalue weighted by Gasteiger charge is 2.09. The normalized spacial score (nSPS) is 14.5. The van der Waals surface area contributed by atoms with Crippen molar-refractivity contribution < 1.29 is 0 Å². The van der Waals surface area contributed by atoms with Crippen LogP contribution in [-0.2, 0) is 0 Å². The largest absolute Gasteiger partial charge is 0.282 e. The lowest BCUT2D eigenvalue weighted by Crippen LogP contribution is -2.22. The average molecular weight is 250 g/mol. The number of aliphatic imine (C=N–C) groups is 1. The molecule has 0 bridgehead atoms. The third-order valence-electron chi connectivity index (χ3n) is 2.76. The third kappa shape index (κ3) is 3.39. The number of benzene rings is 1. The number of rotatable bonds is 2. The molecule has 4 heteroatoms. The van der Waals surface area contributed by atoms with Crippen molar-refractivity contribution in [2.75, 3.05) is 0 Å². The number of amidine groups is 2. The Morgan fingerprint density at radius 1 is 1.32 bits per heavy atom. The molecule has 2 N–H and O–H groups in total. The molecule has 0 amide bonds. The summed E-state index contributed by atoms with van der Waals surface area (Å²) >= 11 is 0. The van der Waals surface area contributed by atoms with Crippen LogP contribution in [0.2, 0.25) is 0 Å². The summed E-state index contributed by atoms with van der Waals surface area (Å²) in [5, 5.41) is 19.3. The summed E-state index contributed by atoms with van der Waals surface area (Å²) in [6, 6.07) is 9.26. The Bertz CT molecular complexity index is 588. The van der Waals surface area contributed by atoms with E-state index in [9.17, 15) is 0 Å². The molecule has 4 nitrogen and oxygen atoms in total. The topological polar surface area (TPSA) is 72.0 Å². The molecule has 0 atom stereocenters. The summed E-state index contributed by atoms with van der Waals surface area (Å²) in [5.41, 5.74) is 1.68. The zero-order valence-corrected chi connectivity index (χ0v) is 10.4. The fourth-order valence-corrected chi connectivity index (χ4v) is 1.81. The lowest BCUT2D eigenvalue weighted by Gasteiger charge is -2.10. The van der Waals surface area contributed by atoms with Crippen molar-refractivity contribution in [3.8, 4) is 6.19 Å². The standard InChI is InChI=1S/C15H14N4/c16-11-18-15(13-9-5-2-6-10-13)19-14(17)12-7-3-1-4-8-12/h1-5,7-9H,6,10H2,(H2,17,18,19). The Labute approximate surface area is 112 Å². The van der Waals surface area contributed by atoms with Gasteiger partial charge in [0, 0.05) is 5.56 Å².